The minimum atomic E-state index is -0.282. The van der Waals surface area contributed by atoms with Crippen molar-refractivity contribution < 1.29 is 19.1 Å². The highest BCUT2D eigenvalue weighted by atomic mass is 16.5. The largest absolute Gasteiger partial charge is 0.375 e. The van der Waals surface area contributed by atoms with E-state index in [0.29, 0.717) is 37.1 Å². The third-order valence-corrected chi connectivity index (χ3v) is 5.56. The third kappa shape index (κ3) is 3.18. The molecule has 1 saturated heterocycles. The molecule has 0 bridgehead atoms. The molecule has 2 atom stereocenters. The zero-order chi connectivity index (χ0) is 19.8. The van der Waals surface area contributed by atoms with Crippen LogP contribution in [0.4, 0.5) is 0 Å². The fourth-order valence-corrected chi connectivity index (χ4v) is 4.07. The Morgan fingerprint density at radius 3 is 2.36 bits per heavy atom. The molecule has 2 heterocycles. The van der Waals surface area contributed by atoms with Crippen LogP contribution in [0.3, 0.4) is 0 Å². The molecule has 2 aromatic rings. The lowest BCUT2D eigenvalue weighted by Gasteiger charge is -2.37. The maximum absolute atomic E-state index is 12.9. The number of hydrogen-bond acceptors (Lipinski definition) is 4. The van der Waals surface area contributed by atoms with Gasteiger partial charge in [-0.05, 0) is 37.8 Å². The summed E-state index contributed by atoms with van der Waals surface area (Å²) in [6, 6.07) is 11.0. The van der Waals surface area contributed by atoms with E-state index >= 15 is 0 Å². The molecule has 0 spiro atoms. The summed E-state index contributed by atoms with van der Waals surface area (Å²) in [5, 5.41) is 1.62. The van der Waals surface area contributed by atoms with Crippen molar-refractivity contribution in [2.45, 2.75) is 38.8 Å². The molecule has 2 aliphatic heterocycles. The average Bonchev–Trinajstić information content (AvgIpc) is 2.70. The van der Waals surface area contributed by atoms with Crippen LogP contribution in [-0.4, -0.2) is 59.4 Å². The van der Waals surface area contributed by atoms with Gasteiger partial charge in [-0.25, -0.2) is 0 Å². The minimum absolute atomic E-state index is 0.0300. The topological polar surface area (TPSA) is 66.9 Å². The molecule has 6 heteroatoms. The van der Waals surface area contributed by atoms with Gasteiger partial charge in [0.25, 0.3) is 11.8 Å². The highest BCUT2D eigenvalue weighted by Gasteiger charge is 2.33. The second-order valence-corrected chi connectivity index (χ2v) is 7.61. The molecule has 2 unspecified atom stereocenters. The molecule has 3 amide bonds. The average molecular weight is 380 g/mol. The van der Waals surface area contributed by atoms with Crippen LogP contribution in [0.1, 0.15) is 47.4 Å². The van der Waals surface area contributed by atoms with Crippen molar-refractivity contribution in [1.82, 2.24) is 9.80 Å². The lowest BCUT2D eigenvalue weighted by Crippen LogP contribution is -2.50. The Labute approximate surface area is 164 Å². The lowest BCUT2D eigenvalue weighted by molar-refractivity contribution is -0.143. The number of carbonyl (C=O) groups is 3. The Kier molecular flexibility index (Phi) is 4.89. The Morgan fingerprint density at radius 2 is 1.71 bits per heavy atom. The van der Waals surface area contributed by atoms with E-state index in [2.05, 4.69) is 0 Å². The first-order chi connectivity index (χ1) is 13.5. The normalized spacial score (nSPS) is 22.1. The predicted octanol–water partition coefficient (Wildman–Crippen LogP) is 2.85. The van der Waals surface area contributed by atoms with Gasteiger partial charge < -0.3 is 9.64 Å². The molecule has 6 nitrogen and oxygen atoms in total. The first-order valence-corrected chi connectivity index (χ1v) is 9.76. The summed E-state index contributed by atoms with van der Waals surface area (Å²) in [5.74, 6) is -0.521. The van der Waals surface area contributed by atoms with Crippen LogP contribution >= 0.6 is 0 Å². The number of amides is 3. The molecule has 4 rings (SSSR count). The van der Waals surface area contributed by atoms with Crippen LogP contribution in [0.15, 0.2) is 36.4 Å². The van der Waals surface area contributed by atoms with E-state index in [4.69, 9.17) is 4.74 Å². The van der Waals surface area contributed by atoms with Gasteiger partial charge in [-0.1, -0.05) is 24.3 Å². The SMILES string of the molecule is CC1CN(C(=O)CCCN2C(=O)c3cccc4cccc(c34)C2=O)C(C)CO1. The van der Waals surface area contributed by atoms with E-state index < -0.39 is 0 Å². The van der Waals surface area contributed by atoms with Gasteiger partial charge in [0.2, 0.25) is 5.91 Å². The second-order valence-electron chi connectivity index (χ2n) is 7.61. The molecule has 146 valence electrons. The molecule has 1 fully saturated rings. The smallest absolute Gasteiger partial charge is 0.261 e. The highest BCUT2D eigenvalue weighted by molar-refractivity contribution is 6.25. The van der Waals surface area contributed by atoms with Gasteiger partial charge in [-0.3, -0.25) is 19.3 Å². The number of nitrogens with zero attached hydrogens (tertiary/aromatic N) is 2. The molecular weight excluding hydrogens is 356 g/mol. The first-order valence-electron chi connectivity index (χ1n) is 9.76. The van der Waals surface area contributed by atoms with Crippen molar-refractivity contribution in [1.29, 1.82) is 0 Å². The Bertz CT molecular complexity index is 904. The zero-order valence-electron chi connectivity index (χ0n) is 16.2. The van der Waals surface area contributed by atoms with Crippen LogP contribution in [0.2, 0.25) is 0 Å². The molecular formula is C22H24N2O4. The molecule has 0 N–H and O–H groups in total. The van der Waals surface area contributed by atoms with Crippen molar-refractivity contribution in [2.75, 3.05) is 19.7 Å². The zero-order valence-corrected chi connectivity index (χ0v) is 16.2. The summed E-state index contributed by atoms with van der Waals surface area (Å²) in [4.78, 5) is 41.5. The summed E-state index contributed by atoms with van der Waals surface area (Å²) in [5.41, 5.74) is 1.10. The Hall–Kier alpha value is -2.73. The first kappa shape index (κ1) is 18.6. The fourth-order valence-electron chi connectivity index (χ4n) is 4.07. The summed E-state index contributed by atoms with van der Waals surface area (Å²) in [6.07, 6.45) is 0.787. The molecule has 0 saturated carbocycles. The molecule has 28 heavy (non-hydrogen) atoms. The lowest BCUT2D eigenvalue weighted by atomic mass is 9.94. The second kappa shape index (κ2) is 7.36. The van der Waals surface area contributed by atoms with E-state index in [1.54, 1.807) is 12.1 Å². The van der Waals surface area contributed by atoms with Gasteiger partial charge in [0, 0.05) is 36.0 Å². The summed E-state index contributed by atoms with van der Waals surface area (Å²) in [7, 11) is 0. The van der Waals surface area contributed by atoms with E-state index in [1.807, 2.05) is 43.0 Å². The van der Waals surface area contributed by atoms with Crippen molar-refractivity contribution in [2.24, 2.45) is 0 Å². The monoisotopic (exact) mass is 380 g/mol. The quantitative estimate of drug-likeness (QED) is 0.765. The highest BCUT2D eigenvalue weighted by Crippen LogP contribution is 2.30. The molecule has 0 radical (unpaired) electrons. The van der Waals surface area contributed by atoms with Crippen LogP contribution in [0.5, 0.6) is 0 Å². The van der Waals surface area contributed by atoms with Crippen molar-refractivity contribution in [3.8, 4) is 0 Å². The van der Waals surface area contributed by atoms with E-state index in [0.717, 1.165) is 10.8 Å². The van der Waals surface area contributed by atoms with E-state index in [9.17, 15) is 14.4 Å². The van der Waals surface area contributed by atoms with Crippen molar-refractivity contribution >= 4 is 28.5 Å². The van der Waals surface area contributed by atoms with Crippen molar-refractivity contribution in [3.05, 3.63) is 47.5 Å². The summed E-state index contributed by atoms with van der Waals surface area (Å²) >= 11 is 0. The maximum Gasteiger partial charge on any atom is 0.261 e. The van der Waals surface area contributed by atoms with Crippen LogP contribution in [0, 0.1) is 0 Å². The van der Waals surface area contributed by atoms with E-state index in [1.165, 1.54) is 4.90 Å². The van der Waals surface area contributed by atoms with Gasteiger partial charge in [0.1, 0.15) is 0 Å². The predicted molar refractivity (Wildman–Crippen MR) is 105 cm³/mol. The van der Waals surface area contributed by atoms with Gasteiger partial charge >= 0.3 is 0 Å². The minimum Gasteiger partial charge on any atom is -0.375 e. The number of hydrogen-bond donors (Lipinski definition) is 0. The number of benzene rings is 2. The van der Waals surface area contributed by atoms with Gasteiger partial charge in [-0.15, -0.1) is 0 Å². The maximum atomic E-state index is 12.9. The third-order valence-electron chi connectivity index (χ3n) is 5.56. The molecule has 2 aromatic carbocycles. The van der Waals surface area contributed by atoms with Gasteiger partial charge in [0.05, 0.1) is 18.8 Å². The number of morpholine rings is 1. The van der Waals surface area contributed by atoms with Gasteiger partial charge in [-0.2, -0.15) is 0 Å². The van der Waals surface area contributed by atoms with Crippen molar-refractivity contribution in [3.63, 3.8) is 0 Å². The summed E-state index contributed by atoms with van der Waals surface area (Å²) < 4.78 is 5.57. The Balaban J connectivity index is 1.45. The molecule has 2 aliphatic rings. The number of ether oxygens (including phenoxy) is 1. The molecule has 0 aliphatic carbocycles. The standard InChI is InChI=1S/C22H24N2O4/c1-14-13-28-15(2)12-24(14)19(25)10-5-11-23-21(26)17-8-3-6-16-7-4-9-18(20(16)17)22(23)27/h3-4,6-9,14-15H,5,10-13H2,1-2H3. The summed E-state index contributed by atoms with van der Waals surface area (Å²) in [6.45, 7) is 5.28. The number of imide groups is 1. The van der Waals surface area contributed by atoms with E-state index in [-0.39, 0.29) is 36.4 Å². The van der Waals surface area contributed by atoms with Crippen LogP contribution in [0.25, 0.3) is 10.8 Å². The van der Waals surface area contributed by atoms with Gasteiger partial charge in [0.15, 0.2) is 0 Å². The number of carbonyl (C=O) groups excluding carboxylic acids is 3. The molecule has 0 aromatic heterocycles. The number of rotatable bonds is 4. The fraction of sp³-hybridized carbons (Fsp3) is 0.409. The van der Waals surface area contributed by atoms with Crippen LogP contribution in [-0.2, 0) is 9.53 Å². The Morgan fingerprint density at radius 1 is 1.07 bits per heavy atom. The van der Waals surface area contributed by atoms with Crippen LogP contribution < -0.4 is 0 Å².